The zero-order valence-corrected chi connectivity index (χ0v) is 11.1. The summed E-state index contributed by atoms with van der Waals surface area (Å²) >= 11 is 5.21. The van der Waals surface area contributed by atoms with E-state index in [2.05, 4.69) is 26.6 Å². The van der Waals surface area contributed by atoms with Crippen LogP contribution in [0.25, 0.3) is 0 Å². The highest BCUT2D eigenvalue weighted by molar-refractivity contribution is 9.10. The van der Waals surface area contributed by atoms with Gasteiger partial charge >= 0.3 is 0 Å². The van der Waals surface area contributed by atoms with Gasteiger partial charge in [0, 0.05) is 22.6 Å². The van der Waals surface area contributed by atoms with Gasteiger partial charge in [-0.25, -0.2) is 0 Å². The van der Waals surface area contributed by atoms with Gasteiger partial charge in [0.1, 0.15) is 0 Å². The van der Waals surface area contributed by atoms with E-state index in [4.69, 9.17) is 0 Å². The molecule has 1 fully saturated rings. The van der Waals surface area contributed by atoms with Crippen LogP contribution >= 0.6 is 27.7 Å². The molecule has 0 aromatic heterocycles. The van der Waals surface area contributed by atoms with Gasteiger partial charge in [-0.15, -0.1) is 11.8 Å². The molecule has 0 radical (unpaired) electrons. The molecule has 5 heteroatoms. The molecule has 1 atom stereocenters. The van der Waals surface area contributed by atoms with Crippen molar-refractivity contribution in [2.75, 3.05) is 11.6 Å². The van der Waals surface area contributed by atoms with Crippen LogP contribution in [0.15, 0.2) is 28.7 Å². The van der Waals surface area contributed by atoms with E-state index in [1.807, 2.05) is 24.3 Å². The number of halogens is 1. The summed E-state index contributed by atoms with van der Waals surface area (Å²) in [6.07, 6.45) is 0. The van der Waals surface area contributed by atoms with Crippen LogP contribution < -0.4 is 10.6 Å². The lowest BCUT2D eigenvalue weighted by Gasteiger charge is -2.11. The second-order valence-electron chi connectivity index (χ2n) is 3.58. The van der Waals surface area contributed by atoms with Crippen molar-refractivity contribution in [2.24, 2.45) is 0 Å². The first-order valence-electron chi connectivity index (χ1n) is 5.09. The summed E-state index contributed by atoms with van der Waals surface area (Å²) in [4.78, 5) is 11.7. The Kier molecular flexibility index (Phi) is 4.26. The molecule has 0 bridgehead atoms. The molecule has 16 heavy (non-hydrogen) atoms. The number of thioether (sulfide) groups is 1. The molecule has 0 aliphatic carbocycles. The number of hydrogen-bond donors (Lipinski definition) is 2. The topological polar surface area (TPSA) is 41.1 Å². The highest BCUT2D eigenvalue weighted by Crippen LogP contribution is 2.15. The molecular formula is C11H13BrN2OS. The molecule has 3 nitrogen and oxygen atoms in total. The van der Waals surface area contributed by atoms with Crippen molar-refractivity contribution in [1.82, 2.24) is 10.6 Å². The lowest BCUT2D eigenvalue weighted by molar-refractivity contribution is -0.122. The zero-order valence-electron chi connectivity index (χ0n) is 8.70. The Balaban J connectivity index is 1.87. The fraction of sp³-hybridized carbons (Fsp3) is 0.364. The highest BCUT2D eigenvalue weighted by Gasteiger charge is 2.21. The fourth-order valence-electron chi connectivity index (χ4n) is 1.51. The van der Waals surface area contributed by atoms with E-state index >= 15 is 0 Å². The minimum absolute atomic E-state index is 0.0347. The van der Waals surface area contributed by atoms with Crippen molar-refractivity contribution in [2.45, 2.75) is 12.6 Å². The van der Waals surface area contributed by atoms with Crippen LogP contribution in [-0.4, -0.2) is 23.6 Å². The Bertz CT molecular complexity index is 380. The Morgan fingerprint density at radius 3 is 3.06 bits per heavy atom. The third-order valence-electron chi connectivity index (χ3n) is 2.44. The molecule has 2 rings (SSSR count). The SMILES string of the molecule is O=C(NCc1ccccc1Br)C1CSCN1. The molecule has 1 aliphatic rings. The first-order chi connectivity index (χ1) is 7.77. The summed E-state index contributed by atoms with van der Waals surface area (Å²) in [5.74, 6) is 1.82. The molecular weight excluding hydrogens is 288 g/mol. The van der Waals surface area contributed by atoms with Gasteiger partial charge in [0.15, 0.2) is 0 Å². The monoisotopic (exact) mass is 300 g/mol. The summed E-state index contributed by atoms with van der Waals surface area (Å²) in [6.45, 7) is 0.573. The molecule has 1 aromatic rings. The second kappa shape index (κ2) is 5.70. The largest absolute Gasteiger partial charge is 0.351 e. The summed E-state index contributed by atoms with van der Waals surface area (Å²) in [5.41, 5.74) is 1.10. The van der Waals surface area contributed by atoms with Crippen LogP contribution in [0.1, 0.15) is 5.56 Å². The maximum absolute atomic E-state index is 11.7. The Morgan fingerprint density at radius 2 is 2.38 bits per heavy atom. The van der Waals surface area contributed by atoms with Gasteiger partial charge in [0.05, 0.1) is 6.04 Å². The van der Waals surface area contributed by atoms with Gasteiger partial charge in [-0.2, -0.15) is 0 Å². The lowest BCUT2D eigenvalue weighted by Crippen LogP contribution is -2.41. The molecule has 1 aliphatic heterocycles. The first kappa shape index (κ1) is 12.0. The van der Waals surface area contributed by atoms with Crippen LogP contribution in [0.2, 0.25) is 0 Å². The van der Waals surface area contributed by atoms with Crippen molar-refractivity contribution in [3.8, 4) is 0 Å². The molecule has 1 saturated heterocycles. The van der Waals surface area contributed by atoms with Crippen molar-refractivity contribution in [3.05, 3.63) is 34.3 Å². The van der Waals surface area contributed by atoms with Crippen molar-refractivity contribution in [3.63, 3.8) is 0 Å². The molecule has 0 saturated carbocycles. The fourth-order valence-corrected chi connectivity index (χ4v) is 2.88. The van der Waals surface area contributed by atoms with Crippen LogP contribution in [0.5, 0.6) is 0 Å². The molecule has 1 heterocycles. The van der Waals surface area contributed by atoms with Crippen LogP contribution in [-0.2, 0) is 11.3 Å². The maximum Gasteiger partial charge on any atom is 0.238 e. The number of amides is 1. The highest BCUT2D eigenvalue weighted by atomic mass is 79.9. The van der Waals surface area contributed by atoms with E-state index in [9.17, 15) is 4.79 Å². The lowest BCUT2D eigenvalue weighted by atomic mass is 10.2. The normalized spacial score (nSPS) is 19.7. The summed E-state index contributed by atoms with van der Waals surface area (Å²) in [6, 6.07) is 7.87. The summed E-state index contributed by atoms with van der Waals surface area (Å²) in [5, 5.41) is 6.08. The average molecular weight is 301 g/mol. The number of hydrogen-bond acceptors (Lipinski definition) is 3. The van der Waals surface area contributed by atoms with Crippen LogP contribution in [0, 0.1) is 0 Å². The van der Waals surface area contributed by atoms with Crippen molar-refractivity contribution < 1.29 is 4.79 Å². The van der Waals surface area contributed by atoms with Gasteiger partial charge < -0.3 is 5.32 Å². The average Bonchev–Trinajstić information content (AvgIpc) is 2.81. The van der Waals surface area contributed by atoms with E-state index in [-0.39, 0.29) is 11.9 Å². The third kappa shape index (κ3) is 2.99. The minimum Gasteiger partial charge on any atom is -0.351 e. The molecule has 2 N–H and O–H groups in total. The van der Waals surface area contributed by atoms with Gasteiger partial charge in [0.2, 0.25) is 5.91 Å². The molecule has 1 unspecified atom stereocenters. The van der Waals surface area contributed by atoms with Crippen molar-refractivity contribution in [1.29, 1.82) is 0 Å². The first-order valence-corrected chi connectivity index (χ1v) is 7.04. The number of carbonyl (C=O) groups is 1. The zero-order chi connectivity index (χ0) is 11.4. The third-order valence-corrected chi connectivity index (χ3v) is 4.16. The molecule has 86 valence electrons. The van der Waals surface area contributed by atoms with E-state index in [1.165, 1.54) is 0 Å². The Morgan fingerprint density at radius 1 is 1.56 bits per heavy atom. The van der Waals surface area contributed by atoms with Gasteiger partial charge in [-0.3, -0.25) is 10.1 Å². The summed E-state index contributed by atoms with van der Waals surface area (Å²) in [7, 11) is 0. The predicted octanol–water partition coefficient (Wildman–Crippen LogP) is 1.73. The van der Waals surface area contributed by atoms with E-state index in [0.717, 1.165) is 21.7 Å². The number of carbonyl (C=O) groups excluding carboxylic acids is 1. The molecule has 0 spiro atoms. The molecule has 1 aromatic carbocycles. The second-order valence-corrected chi connectivity index (χ2v) is 5.47. The van der Waals surface area contributed by atoms with Gasteiger partial charge in [0.25, 0.3) is 0 Å². The maximum atomic E-state index is 11.7. The summed E-state index contributed by atoms with van der Waals surface area (Å²) < 4.78 is 1.03. The van der Waals surface area contributed by atoms with E-state index < -0.39 is 0 Å². The standard InChI is InChI=1S/C11H13BrN2OS/c12-9-4-2-1-3-8(9)5-13-11(15)10-6-16-7-14-10/h1-4,10,14H,5-7H2,(H,13,15). The number of nitrogens with one attached hydrogen (secondary N) is 2. The van der Waals surface area contributed by atoms with Gasteiger partial charge in [-0.05, 0) is 11.6 Å². The number of benzene rings is 1. The van der Waals surface area contributed by atoms with Gasteiger partial charge in [-0.1, -0.05) is 34.1 Å². The Hall–Kier alpha value is -0.520. The van der Waals surface area contributed by atoms with Crippen LogP contribution in [0.3, 0.4) is 0 Å². The predicted molar refractivity (Wildman–Crippen MR) is 70.2 cm³/mol. The minimum atomic E-state index is -0.0347. The Labute approximate surface area is 108 Å². The molecule has 1 amide bonds. The van der Waals surface area contributed by atoms with Crippen LogP contribution in [0.4, 0.5) is 0 Å². The smallest absolute Gasteiger partial charge is 0.238 e. The van der Waals surface area contributed by atoms with E-state index in [1.54, 1.807) is 11.8 Å². The van der Waals surface area contributed by atoms with E-state index in [0.29, 0.717) is 6.54 Å². The van der Waals surface area contributed by atoms with Crippen molar-refractivity contribution >= 4 is 33.6 Å². The number of rotatable bonds is 3. The quantitative estimate of drug-likeness (QED) is 0.893.